The van der Waals surface area contributed by atoms with Gasteiger partial charge in [0.25, 0.3) is 0 Å². The number of carbonyl (C=O) groups excluding carboxylic acids is 1. The fourth-order valence-electron chi connectivity index (χ4n) is 0.786. The van der Waals surface area contributed by atoms with Crippen LogP contribution >= 0.6 is 0 Å². The number of carboxylic acid groups (broad SMARTS) is 1. The van der Waals surface area contributed by atoms with Crippen LogP contribution in [0.1, 0.15) is 27.7 Å². The van der Waals surface area contributed by atoms with Crippen LogP contribution in [-0.2, 0) is 9.53 Å². The maximum Gasteiger partial charge on any atom is 0.407 e. The highest BCUT2D eigenvalue weighted by Gasteiger charge is 2.25. The van der Waals surface area contributed by atoms with Crippen LogP contribution in [0.5, 0.6) is 0 Å². The number of ether oxygens (including phenoxy) is 1. The van der Waals surface area contributed by atoms with E-state index in [4.69, 9.17) is 14.9 Å². The average Bonchev–Trinajstić information content (AvgIpc) is 1.98. The molecule has 2 atom stereocenters. The van der Waals surface area contributed by atoms with Crippen molar-refractivity contribution in [1.82, 2.24) is 5.32 Å². The Bertz CT molecular complexity index is 245. The van der Waals surface area contributed by atoms with Gasteiger partial charge in [-0.15, -0.1) is 0 Å². The molecule has 0 saturated carbocycles. The minimum atomic E-state index is -1.64. The summed E-state index contributed by atoms with van der Waals surface area (Å²) in [6.45, 7) is 6.43. The standard InChI is InChI=1S/C9H17NO5/c1-5(6(11)7(12)13)10-8(14)15-9(2,3)4/h5-6,11H,1-4H3,(H,10,14)(H,12,13)/t5-,6?/m0/s1. The highest BCUT2D eigenvalue weighted by atomic mass is 16.6. The molecule has 6 heteroatoms. The van der Waals surface area contributed by atoms with Gasteiger partial charge in [-0.25, -0.2) is 9.59 Å². The monoisotopic (exact) mass is 219 g/mol. The molecule has 0 aromatic heterocycles. The zero-order valence-electron chi connectivity index (χ0n) is 9.27. The SMILES string of the molecule is C[C@H](NC(=O)OC(C)(C)C)C(O)C(=O)O. The first kappa shape index (κ1) is 13.7. The summed E-state index contributed by atoms with van der Waals surface area (Å²) >= 11 is 0. The van der Waals surface area contributed by atoms with Gasteiger partial charge in [-0.3, -0.25) is 0 Å². The van der Waals surface area contributed by atoms with E-state index in [-0.39, 0.29) is 0 Å². The fourth-order valence-corrected chi connectivity index (χ4v) is 0.786. The molecule has 0 rings (SSSR count). The van der Waals surface area contributed by atoms with E-state index in [2.05, 4.69) is 5.32 Å². The third kappa shape index (κ3) is 5.90. The van der Waals surface area contributed by atoms with Gasteiger partial charge in [-0.1, -0.05) is 0 Å². The van der Waals surface area contributed by atoms with Crippen molar-refractivity contribution in [2.45, 2.75) is 45.4 Å². The number of aliphatic hydroxyl groups is 1. The Morgan fingerprint density at radius 1 is 1.33 bits per heavy atom. The number of carbonyl (C=O) groups is 2. The number of amides is 1. The maximum absolute atomic E-state index is 11.2. The molecular formula is C9H17NO5. The van der Waals surface area contributed by atoms with Crippen LogP contribution in [-0.4, -0.2) is 40.0 Å². The normalized spacial score (nSPS) is 15.3. The van der Waals surface area contributed by atoms with E-state index in [1.165, 1.54) is 6.92 Å². The Kier molecular flexibility index (Phi) is 4.54. The van der Waals surface area contributed by atoms with Crippen LogP contribution in [0.4, 0.5) is 4.79 Å². The molecule has 0 aromatic carbocycles. The van der Waals surface area contributed by atoms with Gasteiger partial charge in [0.05, 0.1) is 6.04 Å². The number of aliphatic carboxylic acids is 1. The lowest BCUT2D eigenvalue weighted by atomic mass is 10.2. The number of aliphatic hydroxyl groups excluding tert-OH is 1. The van der Waals surface area contributed by atoms with Crippen molar-refractivity contribution in [1.29, 1.82) is 0 Å². The summed E-state index contributed by atoms with van der Waals surface area (Å²) < 4.78 is 4.88. The van der Waals surface area contributed by atoms with Crippen molar-refractivity contribution in [2.24, 2.45) is 0 Å². The molecular weight excluding hydrogens is 202 g/mol. The summed E-state index contributed by atoms with van der Waals surface area (Å²) in [5.41, 5.74) is -0.655. The first-order valence-corrected chi connectivity index (χ1v) is 4.54. The molecule has 3 N–H and O–H groups in total. The number of hydrogen-bond acceptors (Lipinski definition) is 4. The van der Waals surface area contributed by atoms with Crippen LogP contribution in [0, 0.1) is 0 Å². The van der Waals surface area contributed by atoms with Crippen LogP contribution in [0.3, 0.4) is 0 Å². The largest absolute Gasteiger partial charge is 0.479 e. The van der Waals surface area contributed by atoms with Gasteiger partial charge < -0.3 is 20.3 Å². The molecule has 1 amide bonds. The van der Waals surface area contributed by atoms with Crippen LogP contribution in [0.15, 0.2) is 0 Å². The molecule has 0 aliphatic carbocycles. The smallest absolute Gasteiger partial charge is 0.407 e. The molecule has 0 bridgehead atoms. The highest BCUT2D eigenvalue weighted by Crippen LogP contribution is 2.07. The quantitative estimate of drug-likeness (QED) is 0.636. The molecule has 6 nitrogen and oxygen atoms in total. The molecule has 88 valence electrons. The van der Waals surface area contributed by atoms with E-state index in [0.717, 1.165) is 0 Å². The summed E-state index contributed by atoms with van der Waals surface area (Å²) in [6, 6.07) is -0.905. The minimum Gasteiger partial charge on any atom is -0.479 e. The third-order valence-corrected chi connectivity index (χ3v) is 1.47. The van der Waals surface area contributed by atoms with Gasteiger partial charge in [0.1, 0.15) is 5.60 Å². The predicted octanol–water partition coefficient (Wildman–Crippen LogP) is 0.345. The molecule has 0 radical (unpaired) electrons. The van der Waals surface area contributed by atoms with Crippen LogP contribution in [0.25, 0.3) is 0 Å². The number of rotatable bonds is 3. The van der Waals surface area contributed by atoms with E-state index in [1.807, 2.05) is 0 Å². The van der Waals surface area contributed by atoms with Crippen molar-refractivity contribution in [3.05, 3.63) is 0 Å². The Balaban J connectivity index is 4.13. The van der Waals surface area contributed by atoms with Crippen molar-refractivity contribution >= 4 is 12.1 Å². The predicted molar refractivity (Wildman–Crippen MR) is 52.5 cm³/mol. The lowest BCUT2D eigenvalue weighted by Gasteiger charge is -2.22. The summed E-state index contributed by atoms with van der Waals surface area (Å²) in [4.78, 5) is 21.5. The summed E-state index contributed by atoms with van der Waals surface area (Å²) in [7, 11) is 0. The van der Waals surface area contributed by atoms with Gasteiger partial charge in [0, 0.05) is 0 Å². The van der Waals surface area contributed by atoms with E-state index in [1.54, 1.807) is 20.8 Å². The molecule has 0 aliphatic rings. The van der Waals surface area contributed by atoms with Crippen molar-refractivity contribution in [3.63, 3.8) is 0 Å². The topological polar surface area (TPSA) is 95.9 Å². The van der Waals surface area contributed by atoms with Gasteiger partial charge in [0.15, 0.2) is 6.10 Å². The fraction of sp³-hybridized carbons (Fsp3) is 0.778. The first-order chi connectivity index (χ1) is 6.63. The maximum atomic E-state index is 11.2. The number of alkyl carbamates (subject to hydrolysis) is 1. The van der Waals surface area contributed by atoms with Crippen molar-refractivity contribution < 1.29 is 24.5 Å². The van der Waals surface area contributed by atoms with E-state index < -0.39 is 29.8 Å². The molecule has 15 heavy (non-hydrogen) atoms. The minimum absolute atomic E-state index is 0.655. The van der Waals surface area contributed by atoms with Crippen molar-refractivity contribution in [3.8, 4) is 0 Å². The Labute approximate surface area is 88.2 Å². The Hall–Kier alpha value is -1.30. The second-order valence-corrected chi connectivity index (χ2v) is 4.22. The van der Waals surface area contributed by atoms with Gasteiger partial charge >= 0.3 is 12.1 Å². The molecule has 1 unspecified atom stereocenters. The second kappa shape index (κ2) is 4.97. The molecule has 0 fully saturated rings. The molecule has 0 aliphatic heterocycles. The summed E-state index contributed by atoms with van der Waals surface area (Å²) in [6.07, 6.45) is -2.40. The molecule has 0 spiro atoms. The number of nitrogens with one attached hydrogen (secondary N) is 1. The molecule has 0 saturated heterocycles. The van der Waals surface area contributed by atoms with E-state index in [0.29, 0.717) is 0 Å². The first-order valence-electron chi connectivity index (χ1n) is 4.54. The number of carboxylic acids is 1. The molecule has 0 heterocycles. The Morgan fingerprint density at radius 3 is 2.13 bits per heavy atom. The highest BCUT2D eigenvalue weighted by molar-refractivity contribution is 5.75. The lowest BCUT2D eigenvalue weighted by Crippen LogP contribution is -2.46. The van der Waals surface area contributed by atoms with Crippen LogP contribution < -0.4 is 5.32 Å². The van der Waals surface area contributed by atoms with Gasteiger partial charge in [0.2, 0.25) is 0 Å². The summed E-state index contributed by atoms with van der Waals surface area (Å²) in [5.74, 6) is -1.39. The lowest BCUT2D eigenvalue weighted by molar-refractivity contribution is -0.147. The van der Waals surface area contributed by atoms with Gasteiger partial charge in [-0.2, -0.15) is 0 Å². The number of hydrogen-bond donors (Lipinski definition) is 3. The van der Waals surface area contributed by atoms with E-state index in [9.17, 15) is 9.59 Å². The third-order valence-electron chi connectivity index (χ3n) is 1.47. The van der Waals surface area contributed by atoms with Gasteiger partial charge in [-0.05, 0) is 27.7 Å². The van der Waals surface area contributed by atoms with Crippen molar-refractivity contribution in [2.75, 3.05) is 0 Å². The van der Waals surface area contributed by atoms with Crippen LogP contribution in [0.2, 0.25) is 0 Å². The molecule has 0 aromatic rings. The Morgan fingerprint density at radius 2 is 1.80 bits per heavy atom. The van der Waals surface area contributed by atoms with E-state index >= 15 is 0 Å². The summed E-state index contributed by atoms with van der Waals surface area (Å²) in [5, 5.41) is 19.8. The second-order valence-electron chi connectivity index (χ2n) is 4.22. The zero-order valence-corrected chi connectivity index (χ0v) is 9.27. The average molecular weight is 219 g/mol. The zero-order chi connectivity index (χ0) is 12.2.